The summed E-state index contributed by atoms with van der Waals surface area (Å²) < 4.78 is 11.9. The van der Waals surface area contributed by atoms with E-state index in [0.717, 1.165) is 16.6 Å². The van der Waals surface area contributed by atoms with E-state index < -0.39 is 11.5 Å². The number of nitrogens with one attached hydrogen (secondary N) is 1. The number of amides is 1. The number of benzene rings is 2. The van der Waals surface area contributed by atoms with Crippen LogP contribution in [0.5, 0.6) is 5.75 Å². The quantitative estimate of drug-likeness (QED) is 0.419. The molecule has 31 heavy (non-hydrogen) atoms. The highest BCUT2D eigenvalue weighted by molar-refractivity contribution is 6.32. The van der Waals surface area contributed by atoms with Gasteiger partial charge in [0, 0.05) is 12.4 Å². The number of aryl methyl sites for hydroxylation is 1. The molecule has 2 aromatic carbocycles. The van der Waals surface area contributed by atoms with Gasteiger partial charge in [0.25, 0.3) is 5.91 Å². The Balaban J connectivity index is 1.92. The number of fused-ring (bicyclic) bond motifs is 1. The third kappa shape index (κ3) is 5.11. The number of esters is 1. The van der Waals surface area contributed by atoms with Crippen LogP contribution < -0.4 is 10.1 Å². The zero-order valence-electron chi connectivity index (χ0n) is 17.7. The van der Waals surface area contributed by atoms with Crippen molar-refractivity contribution in [2.45, 2.75) is 19.4 Å². The minimum absolute atomic E-state index is 0.00927. The van der Waals surface area contributed by atoms with Crippen LogP contribution in [0.15, 0.2) is 36.4 Å². The third-order valence-electron chi connectivity index (χ3n) is 4.71. The third-order valence-corrected chi connectivity index (χ3v) is 5.22. The normalized spacial score (nSPS) is 11.4. The van der Waals surface area contributed by atoms with Gasteiger partial charge in [-0.2, -0.15) is 5.10 Å². The van der Waals surface area contributed by atoms with Gasteiger partial charge >= 0.3 is 5.97 Å². The average molecular weight is 464 g/mol. The Morgan fingerprint density at radius 2 is 1.84 bits per heavy atom. The van der Waals surface area contributed by atoms with E-state index in [9.17, 15) is 9.59 Å². The van der Waals surface area contributed by atoms with Crippen molar-refractivity contribution >= 4 is 46.0 Å². The minimum Gasteiger partial charge on any atom is -0.495 e. The fraction of sp³-hybridized carbons (Fsp3) is 0.318. The van der Waals surface area contributed by atoms with Gasteiger partial charge in [-0.15, -0.1) is 11.6 Å². The number of hydrogen-bond acceptors (Lipinski definition) is 5. The average Bonchev–Trinajstić information content (AvgIpc) is 3.07. The smallest absolute Gasteiger partial charge is 0.320 e. The van der Waals surface area contributed by atoms with Gasteiger partial charge < -0.3 is 14.8 Å². The molecule has 0 aliphatic heterocycles. The van der Waals surface area contributed by atoms with Crippen LogP contribution in [0, 0.1) is 0 Å². The summed E-state index contributed by atoms with van der Waals surface area (Å²) in [5, 5.41) is 8.45. The van der Waals surface area contributed by atoms with Crippen molar-refractivity contribution in [3.8, 4) is 16.9 Å². The number of nitrogens with zero attached hydrogens (tertiary/aromatic N) is 2. The number of aromatic nitrogens is 2. The van der Waals surface area contributed by atoms with E-state index in [0.29, 0.717) is 16.2 Å². The number of halogens is 2. The van der Waals surface area contributed by atoms with Crippen LogP contribution >= 0.6 is 23.2 Å². The van der Waals surface area contributed by atoms with Crippen LogP contribution in [0.2, 0.25) is 5.02 Å². The predicted molar refractivity (Wildman–Crippen MR) is 121 cm³/mol. The second-order valence-corrected chi connectivity index (χ2v) is 8.36. The fourth-order valence-electron chi connectivity index (χ4n) is 3.16. The first kappa shape index (κ1) is 22.9. The van der Waals surface area contributed by atoms with Crippen molar-refractivity contribution in [1.29, 1.82) is 0 Å². The zero-order valence-corrected chi connectivity index (χ0v) is 19.2. The van der Waals surface area contributed by atoms with Crippen molar-refractivity contribution in [1.82, 2.24) is 15.1 Å². The van der Waals surface area contributed by atoms with Gasteiger partial charge in [0.15, 0.2) is 5.69 Å². The monoisotopic (exact) mass is 463 g/mol. The number of carbonyl (C=O) groups is 2. The fourth-order valence-corrected chi connectivity index (χ4v) is 3.50. The lowest BCUT2D eigenvalue weighted by atomic mass is 10.0. The Labute approximate surface area is 190 Å². The molecule has 0 aliphatic rings. The molecule has 1 heterocycles. The first-order valence-electron chi connectivity index (χ1n) is 9.50. The molecule has 0 bridgehead atoms. The second kappa shape index (κ2) is 9.16. The molecule has 0 atom stereocenters. The highest BCUT2D eigenvalue weighted by Gasteiger charge is 2.26. The van der Waals surface area contributed by atoms with Crippen LogP contribution in [0.25, 0.3) is 22.0 Å². The van der Waals surface area contributed by atoms with Crippen LogP contribution in [-0.2, 0) is 16.6 Å². The number of methoxy groups -OCH3 is 1. The maximum absolute atomic E-state index is 13.0. The van der Waals surface area contributed by atoms with Gasteiger partial charge in [-0.3, -0.25) is 14.3 Å². The number of hydrogen-bond donors (Lipinski definition) is 1. The Bertz CT molecular complexity index is 1140. The van der Waals surface area contributed by atoms with E-state index in [1.54, 1.807) is 38.8 Å². The van der Waals surface area contributed by atoms with Crippen LogP contribution in [0.1, 0.15) is 24.3 Å². The summed E-state index contributed by atoms with van der Waals surface area (Å²) in [5.41, 5.74) is 2.05. The number of rotatable bonds is 7. The summed E-state index contributed by atoms with van der Waals surface area (Å²) in [6, 6.07) is 11.3. The van der Waals surface area contributed by atoms with Crippen LogP contribution in [-0.4, -0.2) is 46.8 Å². The molecule has 0 aliphatic carbocycles. The van der Waals surface area contributed by atoms with E-state index in [1.165, 1.54) is 0 Å². The molecule has 7 nitrogen and oxygen atoms in total. The summed E-state index contributed by atoms with van der Waals surface area (Å²) in [5.74, 6) is -0.574. The molecule has 1 aromatic heterocycles. The summed E-state index contributed by atoms with van der Waals surface area (Å²) in [7, 11) is 3.34. The summed E-state index contributed by atoms with van der Waals surface area (Å²) >= 11 is 11.7. The largest absolute Gasteiger partial charge is 0.495 e. The molecule has 9 heteroatoms. The topological polar surface area (TPSA) is 82.4 Å². The van der Waals surface area contributed by atoms with E-state index in [2.05, 4.69) is 10.4 Å². The Kier molecular flexibility index (Phi) is 6.77. The standard InChI is InChI=1S/C22H23Cl2N3O4/c1-22(2,12-31-19(28)11-23)25-21(29)20-15-9-13(5-7-17(15)27(3)26-20)14-6-8-18(30-4)16(24)10-14/h5-10H,11-12H2,1-4H3,(H,25,29). The second-order valence-electron chi connectivity index (χ2n) is 7.69. The summed E-state index contributed by atoms with van der Waals surface area (Å²) in [6.45, 7) is 3.50. The zero-order chi connectivity index (χ0) is 22.8. The molecule has 1 N–H and O–H groups in total. The van der Waals surface area contributed by atoms with E-state index in [4.69, 9.17) is 32.7 Å². The molecular formula is C22H23Cl2N3O4. The lowest BCUT2D eigenvalue weighted by Crippen LogP contribution is -2.47. The molecule has 0 fully saturated rings. The Morgan fingerprint density at radius 3 is 2.48 bits per heavy atom. The number of alkyl halides is 1. The van der Waals surface area contributed by atoms with E-state index in [1.807, 2.05) is 30.3 Å². The van der Waals surface area contributed by atoms with Gasteiger partial charge in [0.05, 0.1) is 23.2 Å². The molecule has 1 amide bonds. The van der Waals surface area contributed by atoms with Crippen LogP contribution in [0.3, 0.4) is 0 Å². The molecule has 3 aromatic rings. The van der Waals surface area contributed by atoms with Gasteiger partial charge in [-0.05, 0) is 49.2 Å². The first-order chi connectivity index (χ1) is 14.6. The highest BCUT2D eigenvalue weighted by Crippen LogP contribution is 2.32. The lowest BCUT2D eigenvalue weighted by Gasteiger charge is -2.25. The van der Waals surface area contributed by atoms with E-state index >= 15 is 0 Å². The maximum Gasteiger partial charge on any atom is 0.320 e. The molecule has 3 rings (SSSR count). The molecule has 0 spiro atoms. The van der Waals surface area contributed by atoms with Gasteiger partial charge in [-0.25, -0.2) is 0 Å². The van der Waals surface area contributed by atoms with Crippen molar-refractivity contribution in [2.75, 3.05) is 19.6 Å². The van der Waals surface area contributed by atoms with Crippen molar-refractivity contribution in [3.05, 3.63) is 47.1 Å². The van der Waals surface area contributed by atoms with E-state index in [-0.39, 0.29) is 24.1 Å². The predicted octanol–water partition coefficient (Wildman–Crippen LogP) is 4.19. The molecule has 0 saturated heterocycles. The van der Waals surface area contributed by atoms with Gasteiger partial charge in [0.2, 0.25) is 0 Å². The summed E-state index contributed by atoms with van der Waals surface area (Å²) in [6.07, 6.45) is 0. The highest BCUT2D eigenvalue weighted by atomic mass is 35.5. The maximum atomic E-state index is 13.0. The Hall–Kier alpha value is -2.77. The van der Waals surface area contributed by atoms with Gasteiger partial charge in [-0.1, -0.05) is 23.7 Å². The van der Waals surface area contributed by atoms with Crippen molar-refractivity contribution in [2.24, 2.45) is 7.05 Å². The first-order valence-corrected chi connectivity index (χ1v) is 10.4. The number of ether oxygens (including phenoxy) is 2. The van der Waals surface area contributed by atoms with Crippen molar-refractivity contribution in [3.63, 3.8) is 0 Å². The summed E-state index contributed by atoms with van der Waals surface area (Å²) in [4.78, 5) is 24.3. The number of carbonyl (C=O) groups excluding carboxylic acids is 2. The molecule has 0 saturated carbocycles. The Morgan fingerprint density at radius 1 is 1.16 bits per heavy atom. The van der Waals surface area contributed by atoms with Crippen molar-refractivity contribution < 1.29 is 19.1 Å². The lowest BCUT2D eigenvalue weighted by molar-refractivity contribution is -0.142. The minimum atomic E-state index is -0.802. The molecule has 164 valence electrons. The molecular weight excluding hydrogens is 441 g/mol. The molecule has 0 unspecified atom stereocenters. The molecule has 0 radical (unpaired) electrons. The van der Waals surface area contributed by atoms with Crippen LogP contribution in [0.4, 0.5) is 0 Å². The SMILES string of the molecule is COc1ccc(-c2ccc3c(c2)c(C(=O)NC(C)(C)COC(=O)CCl)nn3C)cc1Cl. The van der Waals surface area contributed by atoms with Gasteiger partial charge in [0.1, 0.15) is 18.2 Å².